The third-order valence-electron chi connectivity index (χ3n) is 0.574. The first-order chi connectivity index (χ1) is 3.92. The maximum absolute atomic E-state index is 9.84. The molecule has 54 valence electrons. The van der Waals surface area contributed by atoms with Gasteiger partial charge in [0.05, 0.1) is 11.1 Å². The van der Waals surface area contributed by atoms with Gasteiger partial charge in [0.1, 0.15) is 7.60 Å². The van der Waals surface area contributed by atoms with E-state index in [0.717, 1.165) is 0 Å². The summed E-state index contributed by atoms with van der Waals surface area (Å²) in [6.45, 7) is -0.628. The van der Waals surface area contributed by atoms with Crippen molar-refractivity contribution in [2.75, 3.05) is 12.7 Å². The summed E-state index contributed by atoms with van der Waals surface area (Å²) in [7, 11) is -4.37. The zero-order valence-corrected chi connectivity index (χ0v) is 5.32. The van der Waals surface area contributed by atoms with Crippen molar-refractivity contribution >= 4 is 7.60 Å². The molecular weight excluding hydrogens is 149 g/mol. The van der Waals surface area contributed by atoms with E-state index in [1.165, 1.54) is 0 Å². The maximum Gasteiger partial charge on any atom is 0.256 e. The molecule has 0 radical (unpaired) electrons. The summed E-state index contributed by atoms with van der Waals surface area (Å²) in [5, 5.41) is 7.82. The fourth-order valence-electron chi connectivity index (χ4n) is 0.212. The van der Waals surface area contributed by atoms with Crippen molar-refractivity contribution in [1.82, 2.24) is 0 Å². The first kappa shape index (κ1) is 8.55. The molecule has 0 bridgehead atoms. The number of hydrogen-bond acceptors (Lipinski definition) is 3. The van der Waals surface area contributed by atoms with Gasteiger partial charge in [0.15, 0.2) is 0 Å². The zero-order valence-electron chi connectivity index (χ0n) is 4.43. The lowest BCUT2D eigenvalue weighted by atomic mass is 10.8. The topological polar surface area (TPSA) is 101 Å². The number of nitrogens with zero attached hydrogens (tertiary/aromatic N) is 1. The molecule has 0 heterocycles. The first-order valence-corrected chi connectivity index (χ1v) is 3.84. The van der Waals surface area contributed by atoms with Crippen molar-refractivity contribution in [2.45, 2.75) is 0 Å². The maximum atomic E-state index is 9.84. The molecule has 0 fully saturated rings. The summed E-state index contributed by atoms with van der Waals surface area (Å²) in [6, 6.07) is 0. The van der Waals surface area contributed by atoms with E-state index in [1.54, 1.807) is 0 Å². The molecule has 0 aromatic rings. The van der Waals surface area contributed by atoms with Gasteiger partial charge in [-0.25, -0.2) is 5.21 Å². The molecule has 0 rings (SSSR count). The van der Waals surface area contributed by atoms with Crippen LogP contribution in [0.1, 0.15) is 0 Å². The molecule has 0 aliphatic carbocycles. The van der Waals surface area contributed by atoms with Gasteiger partial charge in [0.25, 0.3) is 6.54 Å². The van der Waals surface area contributed by atoms with Crippen LogP contribution in [0.4, 0.5) is 0 Å². The predicted molar refractivity (Wildman–Crippen MR) is 25.0 cm³/mol. The minimum absolute atomic E-state index is 0.555. The summed E-state index contributed by atoms with van der Waals surface area (Å²) < 4.78 is 9.84. The van der Waals surface area contributed by atoms with Crippen LogP contribution in [0.2, 0.25) is 0 Å². The lowest BCUT2D eigenvalue weighted by Gasteiger charge is -2.10. The summed E-state index contributed by atoms with van der Waals surface area (Å²) in [5.74, 6) is 0. The van der Waals surface area contributed by atoms with E-state index in [-0.39, 0.29) is 0 Å². The smallest absolute Gasteiger partial charge is 0.256 e. The lowest BCUT2D eigenvalue weighted by molar-refractivity contribution is -0.788. The van der Waals surface area contributed by atoms with Crippen LogP contribution in [0.5, 0.6) is 0 Å². The van der Waals surface area contributed by atoms with Gasteiger partial charge in [-0.2, -0.15) is 0 Å². The minimum Gasteiger partial charge on any atom is -0.778 e. The Hall–Kier alpha value is -0.450. The van der Waals surface area contributed by atoms with Gasteiger partial charge in [0.2, 0.25) is 4.92 Å². The monoisotopic (exact) mass is 155 g/mol. The van der Waals surface area contributed by atoms with Gasteiger partial charge in [-0.05, 0) is 0 Å². The summed E-state index contributed by atoms with van der Waals surface area (Å²) in [6.07, 6.45) is -0.729. The molecule has 0 aliphatic heterocycles. The van der Waals surface area contributed by atoms with Gasteiger partial charge in [-0.1, -0.05) is 0 Å². The molecule has 0 saturated carbocycles. The van der Waals surface area contributed by atoms with E-state index < -0.39 is 25.2 Å². The van der Waals surface area contributed by atoms with Gasteiger partial charge in [0, 0.05) is 0 Å². The molecule has 6 nitrogen and oxygen atoms in total. The highest BCUT2D eigenvalue weighted by Gasteiger charge is 2.10. The Morgan fingerprint density at radius 1 is 1.67 bits per heavy atom. The highest BCUT2D eigenvalue weighted by molar-refractivity contribution is 7.50. The Balaban J connectivity index is 3.53. The van der Waals surface area contributed by atoms with Crippen LogP contribution in [-0.4, -0.2) is 27.7 Å². The molecule has 0 spiro atoms. The average molecular weight is 155 g/mol. The molecule has 7 heteroatoms. The highest BCUT2D eigenvalue weighted by atomic mass is 31.2. The van der Waals surface area contributed by atoms with Gasteiger partial charge >= 0.3 is 0 Å². The van der Waals surface area contributed by atoms with Crippen LogP contribution in [0.3, 0.4) is 0 Å². The van der Waals surface area contributed by atoms with Crippen LogP contribution < -0.4 is 4.89 Å². The van der Waals surface area contributed by atoms with Crippen molar-refractivity contribution < 1.29 is 24.5 Å². The standard InChI is InChI=1S/C2H6NO5P/c4-3(5)1-2-9(6,7)8/h1-2H2,(H2-,4,5,6,7,8). The Labute approximate surface area is 50.8 Å². The van der Waals surface area contributed by atoms with Gasteiger partial charge < -0.3 is 14.4 Å². The second-order valence-corrected chi connectivity index (χ2v) is 3.16. The second-order valence-electron chi connectivity index (χ2n) is 1.44. The Kier molecular flexibility index (Phi) is 2.76. The third kappa shape index (κ3) is 7.55. The molecule has 1 unspecified atom stereocenters. The Morgan fingerprint density at radius 2 is 2.11 bits per heavy atom. The molecule has 0 aromatic heterocycles. The van der Waals surface area contributed by atoms with E-state index in [4.69, 9.17) is 10.1 Å². The predicted octanol–water partition coefficient (Wildman–Crippen LogP) is -1.30. The van der Waals surface area contributed by atoms with E-state index in [2.05, 4.69) is 0 Å². The molecule has 0 aliphatic rings. The first-order valence-electron chi connectivity index (χ1n) is 2.08. The van der Waals surface area contributed by atoms with Gasteiger partial charge in [-0.3, -0.25) is 0 Å². The van der Waals surface area contributed by atoms with E-state index >= 15 is 0 Å². The molecule has 1 atom stereocenters. The van der Waals surface area contributed by atoms with Crippen LogP contribution >= 0.6 is 7.60 Å². The third-order valence-corrected chi connectivity index (χ3v) is 1.34. The summed E-state index contributed by atoms with van der Waals surface area (Å²) >= 11 is 0. The lowest BCUT2D eigenvalue weighted by Crippen LogP contribution is -2.13. The van der Waals surface area contributed by atoms with Crippen molar-refractivity contribution in [1.29, 1.82) is 0 Å². The largest absolute Gasteiger partial charge is 0.778 e. The number of hydrogen-bond donors (Lipinski definition) is 2. The van der Waals surface area contributed by atoms with Gasteiger partial charge in [-0.15, -0.1) is 0 Å². The fraction of sp³-hybridized carbons (Fsp3) is 1.00. The van der Waals surface area contributed by atoms with Crippen molar-refractivity contribution in [3.05, 3.63) is 4.91 Å². The molecule has 0 aromatic carbocycles. The fourth-order valence-corrected chi connectivity index (χ4v) is 0.636. The van der Waals surface area contributed by atoms with E-state index in [1.807, 2.05) is 0 Å². The van der Waals surface area contributed by atoms with Crippen molar-refractivity contribution in [2.24, 2.45) is 0 Å². The molecule has 0 amide bonds. The van der Waals surface area contributed by atoms with Crippen molar-refractivity contribution in [3.8, 4) is 0 Å². The second kappa shape index (κ2) is 2.91. The SMILES string of the molecule is O=[N+](O)CCP(=O)([O-])O. The van der Waals surface area contributed by atoms with E-state index in [0.29, 0.717) is 0 Å². The quantitative estimate of drug-likeness (QED) is 0.389. The summed E-state index contributed by atoms with van der Waals surface area (Å²) in [4.78, 5) is 26.9. The normalized spacial score (nSPS) is 16.7. The highest BCUT2D eigenvalue weighted by Crippen LogP contribution is 2.27. The van der Waals surface area contributed by atoms with Crippen LogP contribution in [-0.2, 0) is 4.57 Å². The van der Waals surface area contributed by atoms with Crippen LogP contribution in [0.25, 0.3) is 0 Å². The summed E-state index contributed by atoms with van der Waals surface area (Å²) in [5.41, 5.74) is 0. The minimum atomic E-state index is -4.37. The Bertz CT molecular complexity index is 149. The Morgan fingerprint density at radius 3 is 2.22 bits per heavy atom. The van der Waals surface area contributed by atoms with Crippen LogP contribution in [0, 0.1) is 4.91 Å². The number of rotatable bonds is 3. The molecular formula is C2H6NO5P. The molecule has 0 saturated heterocycles. The molecule has 9 heavy (non-hydrogen) atoms. The molecule has 2 N–H and O–H groups in total. The zero-order chi connectivity index (χ0) is 7.49. The van der Waals surface area contributed by atoms with E-state index in [9.17, 15) is 14.4 Å². The average Bonchev–Trinajstić information content (AvgIpc) is 1.59. The van der Waals surface area contributed by atoms with Crippen LogP contribution in [0.15, 0.2) is 0 Å². The van der Waals surface area contributed by atoms with Crippen molar-refractivity contribution in [3.63, 3.8) is 0 Å².